The van der Waals surface area contributed by atoms with Crippen LogP contribution < -0.4 is 0 Å². The number of alkyl halides is 3. The minimum atomic E-state index is -4.32. The van der Waals surface area contributed by atoms with E-state index in [-0.39, 0.29) is 0 Å². The summed E-state index contributed by atoms with van der Waals surface area (Å²) in [6.07, 6.45) is -1.08. The van der Waals surface area contributed by atoms with Crippen molar-refractivity contribution >= 4 is 21.5 Å². The molecule has 0 amide bonds. The third-order valence-electron chi connectivity index (χ3n) is 2.97. The largest absolute Gasteiger partial charge is 0.416 e. The maximum absolute atomic E-state index is 12.7. The Hall–Kier alpha value is -2.10. The second-order valence-electron chi connectivity index (χ2n) is 4.10. The minimum Gasteiger partial charge on any atom is -0.264 e. The highest BCUT2D eigenvalue weighted by Gasteiger charge is 2.30. The maximum atomic E-state index is 12.7. The Bertz CT molecular complexity index is 732. The van der Waals surface area contributed by atoms with E-state index in [1.165, 1.54) is 12.1 Å². The van der Waals surface area contributed by atoms with E-state index in [1.807, 2.05) is 6.07 Å². The highest BCUT2D eigenvalue weighted by molar-refractivity contribution is 6.07. The van der Waals surface area contributed by atoms with Crippen molar-refractivity contribution in [2.75, 3.05) is 0 Å². The summed E-state index contributed by atoms with van der Waals surface area (Å²) in [6, 6.07) is 9.19. The molecule has 0 spiro atoms. The molecule has 0 radical (unpaired) electrons. The van der Waals surface area contributed by atoms with Gasteiger partial charge in [-0.15, -0.1) is 0 Å². The van der Waals surface area contributed by atoms with Crippen molar-refractivity contribution in [2.24, 2.45) is 0 Å². The highest BCUT2D eigenvalue weighted by Crippen LogP contribution is 2.33. The number of rotatable bonds is 0. The number of pyridine rings is 1. The van der Waals surface area contributed by atoms with E-state index in [9.17, 15) is 13.2 Å². The smallest absolute Gasteiger partial charge is 0.264 e. The molecule has 1 nitrogen and oxygen atoms in total. The maximum Gasteiger partial charge on any atom is 0.416 e. The van der Waals surface area contributed by atoms with Crippen LogP contribution in [0.4, 0.5) is 13.2 Å². The normalized spacial score (nSPS) is 12.2. The Balaban J connectivity index is 2.40. The topological polar surface area (TPSA) is 12.9 Å². The monoisotopic (exact) mass is 247 g/mol. The summed E-state index contributed by atoms with van der Waals surface area (Å²) in [6.45, 7) is 0. The van der Waals surface area contributed by atoms with Crippen molar-refractivity contribution in [3.05, 3.63) is 54.4 Å². The summed E-state index contributed by atoms with van der Waals surface area (Å²) in [4.78, 5) is 3.97. The van der Waals surface area contributed by atoms with E-state index in [2.05, 4.69) is 4.98 Å². The molecule has 0 aliphatic rings. The summed E-state index contributed by atoms with van der Waals surface area (Å²) in [5.74, 6) is 0. The van der Waals surface area contributed by atoms with E-state index < -0.39 is 11.7 Å². The van der Waals surface area contributed by atoms with Gasteiger partial charge in [0.15, 0.2) is 0 Å². The molecule has 0 unspecified atom stereocenters. The fourth-order valence-electron chi connectivity index (χ4n) is 2.08. The molecule has 0 fully saturated rings. The number of aromatic nitrogens is 1. The first-order valence-corrected chi connectivity index (χ1v) is 5.39. The Morgan fingerprint density at radius 2 is 1.56 bits per heavy atom. The number of hydrogen-bond acceptors (Lipinski definition) is 1. The molecule has 0 saturated heterocycles. The van der Waals surface area contributed by atoms with Gasteiger partial charge in [-0.1, -0.05) is 18.2 Å². The van der Waals surface area contributed by atoms with Gasteiger partial charge in [0.2, 0.25) is 0 Å². The zero-order valence-electron chi connectivity index (χ0n) is 9.20. The van der Waals surface area contributed by atoms with Crippen LogP contribution in [0.2, 0.25) is 0 Å². The predicted molar refractivity (Wildman–Crippen MR) is 64.3 cm³/mol. The van der Waals surface area contributed by atoms with E-state index in [0.717, 1.165) is 22.2 Å². The summed E-state index contributed by atoms with van der Waals surface area (Å²) < 4.78 is 38.1. The number of benzene rings is 2. The van der Waals surface area contributed by atoms with Crippen LogP contribution in [0.5, 0.6) is 0 Å². The molecule has 0 bridgehead atoms. The van der Waals surface area contributed by atoms with Gasteiger partial charge in [0.25, 0.3) is 0 Å². The van der Waals surface area contributed by atoms with E-state index in [4.69, 9.17) is 0 Å². The van der Waals surface area contributed by atoms with Crippen molar-refractivity contribution in [3.8, 4) is 0 Å². The van der Waals surface area contributed by atoms with Gasteiger partial charge in [0.05, 0.1) is 5.56 Å². The summed E-state index contributed by atoms with van der Waals surface area (Å²) in [5, 5.41) is 3.02. The zero-order chi connectivity index (χ0) is 12.8. The Morgan fingerprint density at radius 1 is 0.833 bits per heavy atom. The van der Waals surface area contributed by atoms with Crippen LogP contribution in [-0.2, 0) is 6.18 Å². The SMILES string of the molecule is FC(F)(F)c1ccc2ccc3cnccc3c2c1. The number of halogens is 3. The van der Waals surface area contributed by atoms with Crippen LogP contribution in [-0.4, -0.2) is 4.98 Å². The van der Waals surface area contributed by atoms with Gasteiger partial charge in [-0.05, 0) is 34.4 Å². The van der Waals surface area contributed by atoms with Crippen LogP contribution in [0, 0.1) is 0 Å². The van der Waals surface area contributed by atoms with Gasteiger partial charge in [-0.25, -0.2) is 0 Å². The summed E-state index contributed by atoms with van der Waals surface area (Å²) >= 11 is 0. The van der Waals surface area contributed by atoms with Gasteiger partial charge in [-0.2, -0.15) is 13.2 Å². The average Bonchev–Trinajstić information content (AvgIpc) is 2.37. The minimum absolute atomic E-state index is 0.602. The van der Waals surface area contributed by atoms with Crippen LogP contribution in [0.3, 0.4) is 0 Å². The van der Waals surface area contributed by atoms with Gasteiger partial charge < -0.3 is 0 Å². The molecule has 3 aromatic rings. The number of fused-ring (bicyclic) bond motifs is 3. The quantitative estimate of drug-likeness (QED) is 0.536. The molecule has 90 valence electrons. The number of nitrogens with zero attached hydrogens (tertiary/aromatic N) is 1. The van der Waals surface area contributed by atoms with E-state index in [0.29, 0.717) is 5.39 Å². The third-order valence-corrected chi connectivity index (χ3v) is 2.97. The van der Waals surface area contributed by atoms with Crippen LogP contribution in [0.25, 0.3) is 21.5 Å². The lowest BCUT2D eigenvalue weighted by Crippen LogP contribution is -2.04. The average molecular weight is 247 g/mol. The Morgan fingerprint density at radius 3 is 2.33 bits per heavy atom. The molecule has 0 atom stereocenters. The molecule has 3 rings (SSSR count). The van der Waals surface area contributed by atoms with Gasteiger partial charge in [0.1, 0.15) is 0 Å². The van der Waals surface area contributed by atoms with Crippen molar-refractivity contribution in [2.45, 2.75) is 6.18 Å². The standard InChI is InChI=1S/C14H8F3N/c15-14(16,17)11-4-3-9-1-2-10-8-18-6-5-12(10)13(9)7-11/h1-8H. The Kier molecular flexibility index (Phi) is 2.26. The van der Waals surface area contributed by atoms with E-state index in [1.54, 1.807) is 24.5 Å². The number of hydrogen-bond donors (Lipinski definition) is 0. The fraction of sp³-hybridized carbons (Fsp3) is 0.0714. The molecule has 18 heavy (non-hydrogen) atoms. The molecule has 4 heteroatoms. The zero-order valence-corrected chi connectivity index (χ0v) is 9.20. The predicted octanol–water partition coefficient (Wildman–Crippen LogP) is 4.41. The fourth-order valence-corrected chi connectivity index (χ4v) is 2.08. The first kappa shape index (κ1) is 11.0. The molecule has 1 aromatic heterocycles. The first-order chi connectivity index (χ1) is 8.55. The molecule has 2 aromatic carbocycles. The van der Waals surface area contributed by atoms with Crippen LogP contribution in [0.1, 0.15) is 5.56 Å². The molecular formula is C14H8F3N. The second kappa shape index (κ2) is 3.70. The summed E-state index contributed by atoms with van der Waals surface area (Å²) in [5.41, 5.74) is -0.626. The molecule has 0 aliphatic carbocycles. The van der Waals surface area contributed by atoms with Crippen molar-refractivity contribution in [1.29, 1.82) is 0 Å². The molecule has 0 aliphatic heterocycles. The van der Waals surface area contributed by atoms with Crippen molar-refractivity contribution < 1.29 is 13.2 Å². The highest BCUT2D eigenvalue weighted by atomic mass is 19.4. The lowest BCUT2D eigenvalue weighted by molar-refractivity contribution is -0.137. The molecule has 0 saturated carbocycles. The third kappa shape index (κ3) is 1.70. The second-order valence-corrected chi connectivity index (χ2v) is 4.10. The van der Waals surface area contributed by atoms with Crippen LogP contribution in [0.15, 0.2) is 48.8 Å². The van der Waals surface area contributed by atoms with Crippen molar-refractivity contribution in [1.82, 2.24) is 4.98 Å². The van der Waals surface area contributed by atoms with Crippen LogP contribution >= 0.6 is 0 Å². The first-order valence-electron chi connectivity index (χ1n) is 5.39. The molecule has 0 N–H and O–H groups in total. The lowest BCUT2D eigenvalue weighted by atomic mass is 10.0. The van der Waals surface area contributed by atoms with E-state index >= 15 is 0 Å². The van der Waals surface area contributed by atoms with Crippen molar-refractivity contribution in [3.63, 3.8) is 0 Å². The van der Waals surface area contributed by atoms with Gasteiger partial charge in [-0.3, -0.25) is 4.98 Å². The van der Waals surface area contributed by atoms with Gasteiger partial charge in [0, 0.05) is 17.8 Å². The van der Waals surface area contributed by atoms with Gasteiger partial charge >= 0.3 is 6.18 Å². The Labute approximate surface area is 101 Å². The molecular weight excluding hydrogens is 239 g/mol. The summed E-state index contributed by atoms with van der Waals surface area (Å²) in [7, 11) is 0. The molecule has 1 heterocycles. The lowest BCUT2D eigenvalue weighted by Gasteiger charge is -2.09.